The topological polar surface area (TPSA) is 71.4 Å². The van der Waals surface area contributed by atoms with Crippen LogP contribution in [0.25, 0.3) is 0 Å². The smallest absolute Gasteiger partial charge is 0.262 e. The highest BCUT2D eigenvalue weighted by Crippen LogP contribution is 2.38. The summed E-state index contributed by atoms with van der Waals surface area (Å²) in [5.74, 6) is 0.588. The second-order valence-corrected chi connectivity index (χ2v) is 8.70. The molecule has 0 spiro atoms. The number of methoxy groups -OCH3 is 2. The molecule has 7 nitrogen and oxygen atoms in total. The zero-order valence-corrected chi connectivity index (χ0v) is 18.6. The molecule has 8 heteroatoms. The fourth-order valence-electron chi connectivity index (χ4n) is 3.81. The van der Waals surface area contributed by atoms with Crippen LogP contribution in [-0.2, 0) is 14.3 Å². The Morgan fingerprint density at radius 2 is 2.00 bits per heavy atom. The van der Waals surface area contributed by atoms with Gasteiger partial charge in [0, 0.05) is 31.6 Å². The summed E-state index contributed by atoms with van der Waals surface area (Å²) in [6, 6.07) is 11.4. The van der Waals surface area contributed by atoms with Gasteiger partial charge in [-0.05, 0) is 30.4 Å². The van der Waals surface area contributed by atoms with E-state index in [0.29, 0.717) is 19.6 Å². The molecule has 0 saturated heterocycles. The second kappa shape index (κ2) is 9.62. The fraction of sp³-hybridized carbons (Fsp3) is 0.435. The molecule has 2 aromatic rings. The largest absolute Gasteiger partial charge is 0.496 e. The first-order valence-electron chi connectivity index (χ1n) is 10.5. The highest BCUT2D eigenvalue weighted by atomic mass is 32.1. The van der Waals surface area contributed by atoms with Crippen LogP contribution < -0.4 is 4.74 Å². The van der Waals surface area contributed by atoms with E-state index in [1.165, 1.54) is 5.01 Å². The maximum atomic E-state index is 13.4. The maximum absolute atomic E-state index is 13.4. The SMILES string of the molecule is COCCN(CC(=O)N1N=C(c2cccs2)C[C@H]1c1ccccc1OC)C(=O)C1CC1. The highest BCUT2D eigenvalue weighted by molar-refractivity contribution is 7.12. The van der Waals surface area contributed by atoms with Gasteiger partial charge in [-0.1, -0.05) is 24.3 Å². The van der Waals surface area contributed by atoms with Crippen molar-refractivity contribution in [2.45, 2.75) is 25.3 Å². The molecular weight excluding hydrogens is 414 g/mol. The summed E-state index contributed by atoms with van der Waals surface area (Å²) in [5.41, 5.74) is 1.78. The van der Waals surface area contributed by atoms with Gasteiger partial charge < -0.3 is 14.4 Å². The Morgan fingerprint density at radius 1 is 1.19 bits per heavy atom. The number of nitrogens with zero attached hydrogens (tertiary/aromatic N) is 3. The number of amides is 2. The molecule has 0 N–H and O–H groups in total. The number of hydrogen-bond donors (Lipinski definition) is 0. The summed E-state index contributed by atoms with van der Waals surface area (Å²) < 4.78 is 10.7. The Labute approximate surface area is 186 Å². The minimum absolute atomic E-state index is 0.00837. The number of para-hydroxylation sites is 1. The first-order chi connectivity index (χ1) is 15.1. The predicted molar refractivity (Wildman–Crippen MR) is 119 cm³/mol. The average Bonchev–Trinajstić information content (AvgIpc) is 3.31. The molecule has 2 aliphatic rings. The van der Waals surface area contributed by atoms with Gasteiger partial charge >= 0.3 is 0 Å². The third-order valence-corrected chi connectivity index (χ3v) is 6.52. The Hall–Kier alpha value is -2.71. The number of hydrogen-bond acceptors (Lipinski definition) is 6. The maximum Gasteiger partial charge on any atom is 0.262 e. The summed E-state index contributed by atoms with van der Waals surface area (Å²) in [4.78, 5) is 28.8. The molecule has 164 valence electrons. The lowest BCUT2D eigenvalue weighted by molar-refractivity contribution is -0.142. The van der Waals surface area contributed by atoms with Crippen molar-refractivity contribution in [3.05, 3.63) is 52.2 Å². The number of ether oxygens (including phenoxy) is 2. The minimum Gasteiger partial charge on any atom is -0.496 e. The van der Waals surface area contributed by atoms with E-state index in [4.69, 9.17) is 14.6 Å². The van der Waals surface area contributed by atoms with Crippen LogP contribution >= 0.6 is 11.3 Å². The summed E-state index contributed by atoms with van der Waals surface area (Å²) in [6.45, 7) is 0.781. The Morgan fingerprint density at radius 3 is 2.68 bits per heavy atom. The first-order valence-corrected chi connectivity index (χ1v) is 11.3. The van der Waals surface area contributed by atoms with Gasteiger partial charge in [0.15, 0.2) is 0 Å². The van der Waals surface area contributed by atoms with Crippen LogP contribution in [0.4, 0.5) is 0 Å². The third-order valence-electron chi connectivity index (χ3n) is 5.60. The van der Waals surface area contributed by atoms with Crippen LogP contribution in [0.3, 0.4) is 0 Å². The molecule has 1 aliphatic carbocycles. The van der Waals surface area contributed by atoms with E-state index in [9.17, 15) is 9.59 Å². The van der Waals surface area contributed by atoms with Crippen LogP contribution in [0.1, 0.15) is 35.7 Å². The first kappa shape index (κ1) is 21.5. The van der Waals surface area contributed by atoms with Crippen molar-refractivity contribution in [1.29, 1.82) is 0 Å². The Balaban J connectivity index is 1.60. The van der Waals surface area contributed by atoms with E-state index >= 15 is 0 Å². The van der Waals surface area contributed by atoms with Crippen molar-refractivity contribution in [2.24, 2.45) is 11.0 Å². The lowest BCUT2D eigenvalue weighted by atomic mass is 10.00. The van der Waals surface area contributed by atoms with E-state index in [0.717, 1.165) is 34.7 Å². The molecule has 2 heterocycles. The van der Waals surface area contributed by atoms with Crippen LogP contribution in [0.2, 0.25) is 0 Å². The Kier molecular flexibility index (Phi) is 6.67. The van der Waals surface area contributed by atoms with Crippen LogP contribution in [0, 0.1) is 5.92 Å². The van der Waals surface area contributed by atoms with Gasteiger partial charge in [0.2, 0.25) is 5.91 Å². The average molecular weight is 442 g/mol. The van der Waals surface area contributed by atoms with Gasteiger partial charge in [0.1, 0.15) is 12.3 Å². The van der Waals surface area contributed by atoms with E-state index in [-0.39, 0.29) is 30.3 Å². The molecule has 1 aromatic heterocycles. The molecule has 1 aliphatic heterocycles. The van der Waals surface area contributed by atoms with Crippen molar-refractivity contribution in [2.75, 3.05) is 33.9 Å². The summed E-state index contributed by atoms with van der Waals surface area (Å²) in [5, 5.41) is 8.24. The third kappa shape index (κ3) is 4.80. The van der Waals surface area contributed by atoms with E-state index in [1.807, 2.05) is 41.8 Å². The van der Waals surface area contributed by atoms with Crippen molar-refractivity contribution in [3.8, 4) is 5.75 Å². The Bertz CT molecular complexity index is 955. The highest BCUT2D eigenvalue weighted by Gasteiger charge is 2.38. The normalized spacial score (nSPS) is 18.1. The molecule has 4 rings (SSSR count). The number of benzene rings is 1. The van der Waals surface area contributed by atoms with Gasteiger partial charge in [-0.25, -0.2) is 5.01 Å². The molecule has 0 unspecified atom stereocenters. The molecule has 0 bridgehead atoms. The monoisotopic (exact) mass is 441 g/mol. The summed E-state index contributed by atoms with van der Waals surface area (Å²) >= 11 is 1.60. The number of rotatable bonds is 9. The molecule has 2 amide bonds. The van der Waals surface area contributed by atoms with Crippen LogP contribution in [0.15, 0.2) is 46.9 Å². The molecule has 0 radical (unpaired) electrons. The number of thiophene rings is 1. The van der Waals surface area contributed by atoms with Crippen LogP contribution in [0.5, 0.6) is 5.75 Å². The number of hydrazone groups is 1. The van der Waals surface area contributed by atoms with E-state index in [1.54, 1.807) is 30.5 Å². The van der Waals surface area contributed by atoms with Gasteiger partial charge in [0.05, 0.1) is 30.3 Å². The molecule has 1 fully saturated rings. The molecule has 31 heavy (non-hydrogen) atoms. The fourth-order valence-corrected chi connectivity index (χ4v) is 4.53. The van der Waals surface area contributed by atoms with Gasteiger partial charge in [-0.3, -0.25) is 9.59 Å². The number of carbonyl (C=O) groups excluding carboxylic acids is 2. The predicted octanol–water partition coefficient (Wildman–Crippen LogP) is 3.32. The van der Waals surface area contributed by atoms with Gasteiger partial charge in [-0.2, -0.15) is 5.10 Å². The van der Waals surface area contributed by atoms with E-state index in [2.05, 4.69) is 0 Å². The van der Waals surface area contributed by atoms with E-state index < -0.39 is 0 Å². The molecule has 1 saturated carbocycles. The van der Waals surface area contributed by atoms with Crippen LogP contribution in [-0.4, -0.2) is 61.4 Å². The van der Waals surface area contributed by atoms with Crippen molar-refractivity contribution in [3.63, 3.8) is 0 Å². The minimum atomic E-state index is -0.277. The molecular formula is C23H27N3O4S. The standard InChI is InChI=1S/C23H27N3O4S/c1-29-12-11-25(23(28)16-9-10-16)15-22(27)26-19(17-6-3-4-7-20(17)30-2)14-18(24-26)21-8-5-13-31-21/h3-8,13,16,19H,9-12,14-15H2,1-2H3/t19-/m0/s1. The lowest BCUT2D eigenvalue weighted by Crippen LogP contribution is -2.43. The molecule has 1 atom stereocenters. The molecule has 1 aromatic carbocycles. The van der Waals surface area contributed by atoms with Crippen molar-refractivity contribution >= 4 is 28.9 Å². The lowest BCUT2D eigenvalue weighted by Gasteiger charge is -2.27. The van der Waals surface area contributed by atoms with Crippen molar-refractivity contribution < 1.29 is 19.1 Å². The zero-order chi connectivity index (χ0) is 21.8. The zero-order valence-electron chi connectivity index (χ0n) is 17.8. The van der Waals surface area contributed by atoms with Crippen molar-refractivity contribution in [1.82, 2.24) is 9.91 Å². The summed E-state index contributed by atoms with van der Waals surface area (Å²) in [6.07, 6.45) is 2.39. The summed E-state index contributed by atoms with van der Waals surface area (Å²) in [7, 11) is 3.22. The van der Waals surface area contributed by atoms with Gasteiger partial charge in [-0.15, -0.1) is 11.3 Å². The quantitative estimate of drug-likeness (QED) is 0.599. The van der Waals surface area contributed by atoms with Gasteiger partial charge in [0.25, 0.3) is 5.91 Å². The second-order valence-electron chi connectivity index (χ2n) is 7.75. The number of carbonyl (C=O) groups is 2.